The van der Waals surface area contributed by atoms with Crippen molar-refractivity contribution in [2.75, 3.05) is 26.2 Å². The lowest BCUT2D eigenvalue weighted by Crippen LogP contribution is -2.58. The molecule has 0 unspecified atom stereocenters. The minimum absolute atomic E-state index is 0. The minimum Gasteiger partial charge on any atom is -0.316 e. The Balaban J connectivity index is 0.000000562. The van der Waals surface area contributed by atoms with Crippen molar-refractivity contribution in [2.24, 2.45) is 11.8 Å². The molecule has 0 aliphatic carbocycles. The molecule has 3 fully saturated rings. The molecule has 0 radical (unpaired) electrons. The third-order valence-electron chi connectivity index (χ3n) is 4.18. The summed E-state index contributed by atoms with van der Waals surface area (Å²) < 4.78 is 0. The number of fused-ring (bicyclic) bond motifs is 4. The van der Waals surface area contributed by atoms with Crippen molar-refractivity contribution in [3.8, 4) is 0 Å². The lowest BCUT2D eigenvalue weighted by molar-refractivity contribution is 0.0109. The molecule has 1 N–H and O–H groups in total. The van der Waals surface area contributed by atoms with E-state index in [-0.39, 0.29) is 24.8 Å². The fourth-order valence-electron chi connectivity index (χ4n) is 3.61. The maximum atomic E-state index is 3.59. The van der Waals surface area contributed by atoms with Crippen molar-refractivity contribution in [3.05, 3.63) is 0 Å². The summed E-state index contributed by atoms with van der Waals surface area (Å²) in [6.45, 7) is 5.34. The van der Waals surface area contributed by atoms with Gasteiger partial charge in [-0.2, -0.15) is 0 Å². The fraction of sp³-hybridized carbons (Fsp3) is 1.00. The van der Waals surface area contributed by atoms with Gasteiger partial charge in [0.1, 0.15) is 0 Å². The van der Waals surface area contributed by atoms with Gasteiger partial charge in [0, 0.05) is 12.6 Å². The van der Waals surface area contributed by atoms with Gasteiger partial charge >= 0.3 is 0 Å². The molecular formula is C11H22Cl2N2. The number of halogens is 2. The van der Waals surface area contributed by atoms with Crippen LogP contribution in [0.4, 0.5) is 0 Å². The predicted molar refractivity (Wildman–Crippen MR) is 68.2 cm³/mol. The van der Waals surface area contributed by atoms with Crippen LogP contribution in [0, 0.1) is 11.8 Å². The Kier molecular flexibility index (Phi) is 5.17. The Morgan fingerprint density at radius 1 is 1.07 bits per heavy atom. The first kappa shape index (κ1) is 13.6. The molecule has 3 saturated heterocycles. The summed E-state index contributed by atoms with van der Waals surface area (Å²) in [6.07, 6.45) is 5.90. The monoisotopic (exact) mass is 252 g/mol. The van der Waals surface area contributed by atoms with Crippen LogP contribution in [0.3, 0.4) is 0 Å². The maximum Gasteiger partial charge on any atom is 0.0136 e. The molecule has 2 bridgehead atoms. The average Bonchev–Trinajstić information content (AvgIpc) is 2.18. The molecule has 0 aromatic heterocycles. The second-order valence-corrected chi connectivity index (χ2v) is 5.08. The molecule has 3 rings (SSSR count). The molecule has 0 aromatic carbocycles. The molecule has 3 heterocycles. The van der Waals surface area contributed by atoms with Crippen molar-refractivity contribution in [2.45, 2.75) is 31.7 Å². The van der Waals surface area contributed by atoms with Gasteiger partial charge in [-0.05, 0) is 50.7 Å². The zero-order chi connectivity index (χ0) is 8.67. The van der Waals surface area contributed by atoms with Crippen LogP contribution in [0.15, 0.2) is 0 Å². The molecule has 3 atom stereocenters. The van der Waals surface area contributed by atoms with Crippen molar-refractivity contribution in [3.63, 3.8) is 0 Å². The van der Waals surface area contributed by atoms with E-state index >= 15 is 0 Å². The van der Waals surface area contributed by atoms with E-state index < -0.39 is 0 Å². The van der Waals surface area contributed by atoms with E-state index in [1.807, 2.05) is 0 Å². The lowest BCUT2D eigenvalue weighted by Gasteiger charge is -2.50. The lowest BCUT2D eigenvalue weighted by atomic mass is 9.77. The van der Waals surface area contributed by atoms with Gasteiger partial charge in [-0.1, -0.05) is 6.42 Å². The highest BCUT2D eigenvalue weighted by Crippen LogP contribution is 2.34. The Labute approximate surface area is 105 Å². The van der Waals surface area contributed by atoms with Crippen molar-refractivity contribution in [1.29, 1.82) is 0 Å². The molecule has 90 valence electrons. The molecule has 15 heavy (non-hydrogen) atoms. The van der Waals surface area contributed by atoms with E-state index in [4.69, 9.17) is 0 Å². The van der Waals surface area contributed by atoms with Crippen LogP contribution in [0.25, 0.3) is 0 Å². The smallest absolute Gasteiger partial charge is 0.0136 e. The molecule has 0 spiro atoms. The second-order valence-electron chi connectivity index (χ2n) is 5.08. The summed E-state index contributed by atoms with van der Waals surface area (Å²) in [5, 5.41) is 3.59. The first-order chi connectivity index (χ1) is 6.43. The van der Waals surface area contributed by atoms with Gasteiger partial charge < -0.3 is 5.32 Å². The molecule has 3 aliphatic rings. The van der Waals surface area contributed by atoms with Gasteiger partial charge in [-0.25, -0.2) is 0 Å². The van der Waals surface area contributed by atoms with Crippen LogP contribution >= 0.6 is 24.8 Å². The van der Waals surface area contributed by atoms with Gasteiger partial charge in [-0.3, -0.25) is 4.90 Å². The third kappa shape index (κ3) is 2.60. The zero-order valence-corrected chi connectivity index (χ0v) is 10.8. The minimum atomic E-state index is 0. The number of hydrogen-bond donors (Lipinski definition) is 1. The molecule has 0 aromatic rings. The van der Waals surface area contributed by atoms with Gasteiger partial charge in [0.05, 0.1) is 0 Å². The van der Waals surface area contributed by atoms with Crippen LogP contribution in [0.2, 0.25) is 0 Å². The van der Waals surface area contributed by atoms with E-state index in [2.05, 4.69) is 10.2 Å². The summed E-state index contributed by atoms with van der Waals surface area (Å²) in [5.41, 5.74) is 0. The molecule has 3 aliphatic heterocycles. The molecule has 0 saturated carbocycles. The Morgan fingerprint density at radius 2 is 1.93 bits per heavy atom. The van der Waals surface area contributed by atoms with Crippen molar-refractivity contribution >= 4 is 24.8 Å². The summed E-state index contributed by atoms with van der Waals surface area (Å²) in [4.78, 5) is 2.78. The predicted octanol–water partition coefficient (Wildman–Crippen LogP) is 1.92. The van der Waals surface area contributed by atoms with E-state index in [0.717, 1.165) is 17.9 Å². The average molecular weight is 253 g/mol. The van der Waals surface area contributed by atoms with Gasteiger partial charge in [0.15, 0.2) is 0 Å². The summed E-state index contributed by atoms with van der Waals surface area (Å²) in [6, 6.07) is 0.942. The van der Waals surface area contributed by atoms with E-state index in [1.54, 1.807) is 0 Å². The highest BCUT2D eigenvalue weighted by Gasteiger charge is 2.38. The first-order valence-corrected chi connectivity index (χ1v) is 5.88. The zero-order valence-electron chi connectivity index (χ0n) is 9.15. The maximum absolute atomic E-state index is 3.59. The van der Waals surface area contributed by atoms with E-state index in [9.17, 15) is 0 Å². The Bertz CT molecular complexity index is 197. The number of rotatable bonds is 0. The van der Waals surface area contributed by atoms with Crippen LogP contribution < -0.4 is 5.32 Å². The quantitative estimate of drug-likeness (QED) is 0.709. The highest BCUT2D eigenvalue weighted by molar-refractivity contribution is 5.85. The Hall–Kier alpha value is 0.500. The van der Waals surface area contributed by atoms with Gasteiger partial charge in [-0.15, -0.1) is 24.8 Å². The van der Waals surface area contributed by atoms with Gasteiger partial charge in [0.25, 0.3) is 0 Å². The largest absolute Gasteiger partial charge is 0.316 e. The SMILES string of the molecule is C1CCN2C[C@@H]3CNC[C@H](C3)[C@@H]2C1.Cl.Cl. The standard InChI is InChI=1S/C11H20N2.2ClH/c1-2-4-13-8-9-5-10(7-12-6-9)11(13)3-1;;/h9-12H,1-8H2;2*1H/t9-,10-,11-;;/m0../s1. The van der Waals surface area contributed by atoms with Crippen LogP contribution in [-0.2, 0) is 0 Å². The fourth-order valence-corrected chi connectivity index (χ4v) is 3.61. The number of nitrogens with one attached hydrogen (secondary N) is 1. The molecule has 2 nitrogen and oxygen atoms in total. The normalized spacial score (nSPS) is 39.6. The number of piperidine rings is 3. The number of nitrogens with zero attached hydrogens (tertiary/aromatic N) is 1. The molecular weight excluding hydrogens is 231 g/mol. The van der Waals surface area contributed by atoms with Gasteiger partial charge in [0.2, 0.25) is 0 Å². The molecule has 4 heteroatoms. The van der Waals surface area contributed by atoms with Crippen LogP contribution in [0.1, 0.15) is 25.7 Å². The topological polar surface area (TPSA) is 15.3 Å². The van der Waals surface area contributed by atoms with Crippen LogP contribution in [-0.4, -0.2) is 37.1 Å². The molecule has 0 amide bonds. The number of hydrogen-bond acceptors (Lipinski definition) is 2. The van der Waals surface area contributed by atoms with Crippen LogP contribution in [0.5, 0.6) is 0 Å². The van der Waals surface area contributed by atoms with E-state index in [1.165, 1.54) is 51.9 Å². The summed E-state index contributed by atoms with van der Waals surface area (Å²) in [7, 11) is 0. The van der Waals surface area contributed by atoms with Crippen molar-refractivity contribution in [1.82, 2.24) is 10.2 Å². The first-order valence-electron chi connectivity index (χ1n) is 5.88. The highest BCUT2D eigenvalue weighted by atomic mass is 35.5. The summed E-state index contributed by atoms with van der Waals surface area (Å²) >= 11 is 0. The summed E-state index contributed by atoms with van der Waals surface area (Å²) in [5.74, 6) is 1.95. The Morgan fingerprint density at radius 3 is 2.80 bits per heavy atom. The van der Waals surface area contributed by atoms with Crippen molar-refractivity contribution < 1.29 is 0 Å². The third-order valence-corrected chi connectivity index (χ3v) is 4.18. The van der Waals surface area contributed by atoms with E-state index in [0.29, 0.717) is 0 Å². The second kappa shape index (κ2) is 5.72.